The SMILES string of the molecule is NC(CCO)C(=O)OCCO. The summed E-state index contributed by atoms with van der Waals surface area (Å²) in [7, 11) is 0. The second-order valence-corrected chi connectivity index (χ2v) is 2.01. The summed E-state index contributed by atoms with van der Waals surface area (Å²) in [6.45, 7) is -0.398. The Bertz CT molecular complexity index is 117. The van der Waals surface area contributed by atoms with Gasteiger partial charge >= 0.3 is 5.97 Å². The van der Waals surface area contributed by atoms with Gasteiger partial charge < -0.3 is 20.7 Å². The Hall–Kier alpha value is -0.650. The quantitative estimate of drug-likeness (QED) is 0.417. The zero-order valence-electron chi connectivity index (χ0n) is 6.19. The molecule has 4 N–H and O–H groups in total. The van der Waals surface area contributed by atoms with Crippen molar-refractivity contribution >= 4 is 5.97 Å². The van der Waals surface area contributed by atoms with Crippen molar-refractivity contribution in [2.24, 2.45) is 5.73 Å². The van der Waals surface area contributed by atoms with Gasteiger partial charge in [0, 0.05) is 6.61 Å². The maximum atomic E-state index is 10.7. The van der Waals surface area contributed by atoms with Crippen LogP contribution in [0.5, 0.6) is 0 Å². The molecule has 5 heteroatoms. The van der Waals surface area contributed by atoms with E-state index in [0.717, 1.165) is 0 Å². The largest absolute Gasteiger partial charge is 0.462 e. The lowest BCUT2D eigenvalue weighted by Gasteiger charge is -2.08. The lowest BCUT2D eigenvalue weighted by Crippen LogP contribution is -2.33. The van der Waals surface area contributed by atoms with E-state index in [-0.39, 0.29) is 26.2 Å². The number of carbonyl (C=O) groups is 1. The minimum Gasteiger partial charge on any atom is -0.462 e. The second-order valence-electron chi connectivity index (χ2n) is 2.01. The van der Waals surface area contributed by atoms with Gasteiger partial charge in [-0.2, -0.15) is 0 Å². The molecule has 1 unspecified atom stereocenters. The summed E-state index contributed by atoms with van der Waals surface area (Å²) in [6.07, 6.45) is 0.185. The third-order valence-electron chi connectivity index (χ3n) is 1.08. The standard InChI is InChI=1S/C6H13NO4/c7-5(1-2-8)6(10)11-4-3-9/h5,8-9H,1-4,7H2. The van der Waals surface area contributed by atoms with Crippen molar-refractivity contribution in [1.29, 1.82) is 0 Å². The highest BCUT2D eigenvalue weighted by Crippen LogP contribution is 1.90. The molecule has 0 bridgehead atoms. The summed E-state index contributed by atoms with van der Waals surface area (Å²) >= 11 is 0. The number of hydrogen-bond acceptors (Lipinski definition) is 5. The van der Waals surface area contributed by atoms with Crippen LogP contribution < -0.4 is 5.73 Å². The Morgan fingerprint density at radius 2 is 2.09 bits per heavy atom. The average molecular weight is 163 g/mol. The van der Waals surface area contributed by atoms with Crippen LogP contribution in [-0.4, -0.2) is 42.0 Å². The summed E-state index contributed by atoms with van der Waals surface area (Å²) in [6, 6.07) is -0.786. The topological polar surface area (TPSA) is 92.8 Å². The number of aliphatic hydroxyl groups excluding tert-OH is 2. The number of rotatable bonds is 5. The molecule has 0 spiro atoms. The van der Waals surface area contributed by atoms with E-state index >= 15 is 0 Å². The molecule has 5 nitrogen and oxygen atoms in total. The van der Waals surface area contributed by atoms with Gasteiger partial charge in [0.25, 0.3) is 0 Å². The van der Waals surface area contributed by atoms with Gasteiger partial charge in [-0.25, -0.2) is 0 Å². The maximum absolute atomic E-state index is 10.7. The third kappa shape index (κ3) is 4.72. The highest BCUT2D eigenvalue weighted by Gasteiger charge is 2.13. The molecule has 1 atom stereocenters. The average Bonchev–Trinajstić information content (AvgIpc) is 2.00. The van der Waals surface area contributed by atoms with E-state index < -0.39 is 12.0 Å². The molecule has 66 valence electrons. The molecule has 0 fully saturated rings. The van der Waals surface area contributed by atoms with Crippen LogP contribution >= 0.6 is 0 Å². The molecule has 0 aliphatic carbocycles. The van der Waals surface area contributed by atoms with E-state index in [9.17, 15) is 4.79 Å². The lowest BCUT2D eigenvalue weighted by atomic mass is 10.2. The zero-order valence-corrected chi connectivity index (χ0v) is 6.19. The first-order chi connectivity index (χ1) is 5.22. The van der Waals surface area contributed by atoms with E-state index in [4.69, 9.17) is 15.9 Å². The summed E-state index contributed by atoms with van der Waals surface area (Å²) in [5, 5.41) is 16.6. The minimum atomic E-state index is -0.786. The molecule has 0 saturated carbocycles. The zero-order chi connectivity index (χ0) is 8.69. The molecule has 11 heavy (non-hydrogen) atoms. The van der Waals surface area contributed by atoms with E-state index in [0.29, 0.717) is 0 Å². The van der Waals surface area contributed by atoms with Gasteiger partial charge in [-0.1, -0.05) is 0 Å². The molecule has 0 amide bonds. The summed E-state index contributed by atoms with van der Waals surface area (Å²) in [5.74, 6) is -0.590. The first-order valence-corrected chi connectivity index (χ1v) is 3.36. The summed E-state index contributed by atoms with van der Waals surface area (Å²) in [5.41, 5.74) is 5.25. The van der Waals surface area contributed by atoms with Gasteiger partial charge in [0.05, 0.1) is 6.61 Å². The van der Waals surface area contributed by atoms with Crippen LogP contribution in [0, 0.1) is 0 Å². The van der Waals surface area contributed by atoms with Gasteiger partial charge in [-0.15, -0.1) is 0 Å². The van der Waals surface area contributed by atoms with Gasteiger partial charge in [0.2, 0.25) is 0 Å². The molecule has 0 aliphatic rings. The third-order valence-corrected chi connectivity index (χ3v) is 1.08. The van der Waals surface area contributed by atoms with Crippen LogP contribution in [0.4, 0.5) is 0 Å². The molecule has 0 saturated heterocycles. The van der Waals surface area contributed by atoms with Crippen molar-refractivity contribution in [2.75, 3.05) is 19.8 Å². The number of carbonyl (C=O) groups excluding carboxylic acids is 1. The normalized spacial score (nSPS) is 12.6. The van der Waals surface area contributed by atoms with Gasteiger partial charge in [-0.3, -0.25) is 4.79 Å². The van der Waals surface area contributed by atoms with Crippen molar-refractivity contribution in [3.63, 3.8) is 0 Å². The molecular formula is C6H13NO4. The fourth-order valence-corrected chi connectivity index (χ4v) is 0.510. The van der Waals surface area contributed by atoms with E-state index in [1.54, 1.807) is 0 Å². The highest BCUT2D eigenvalue weighted by atomic mass is 16.5. The van der Waals surface area contributed by atoms with E-state index in [2.05, 4.69) is 4.74 Å². The van der Waals surface area contributed by atoms with Gasteiger partial charge in [0.1, 0.15) is 12.6 Å². The molecule has 0 aromatic heterocycles. The molecule has 0 aliphatic heterocycles. The van der Waals surface area contributed by atoms with Crippen LogP contribution in [-0.2, 0) is 9.53 Å². The molecule has 0 radical (unpaired) electrons. The van der Waals surface area contributed by atoms with Crippen molar-refractivity contribution in [1.82, 2.24) is 0 Å². The monoisotopic (exact) mass is 163 g/mol. The van der Waals surface area contributed by atoms with Crippen LogP contribution in [0.25, 0.3) is 0 Å². The smallest absolute Gasteiger partial charge is 0.323 e. The Morgan fingerprint density at radius 3 is 2.55 bits per heavy atom. The number of esters is 1. The number of nitrogens with two attached hydrogens (primary N) is 1. The van der Waals surface area contributed by atoms with Crippen LogP contribution in [0.1, 0.15) is 6.42 Å². The van der Waals surface area contributed by atoms with Crippen LogP contribution in [0.2, 0.25) is 0 Å². The molecule has 0 rings (SSSR count). The molecule has 0 aromatic carbocycles. The van der Waals surface area contributed by atoms with E-state index in [1.807, 2.05) is 0 Å². The molecular weight excluding hydrogens is 150 g/mol. The Labute approximate surface area is 64.8 Å². The summed E-state index contributed by atoms with van der Waals surface area (Å²) in [4.78, 5) is 10.7. The molecule has 0 heterocycles. The Morgan fingerprint density at radius 1 is 1.45 bits per heavy atom. The second kappa shape index (κ2) is 6.09. The van der Waals surface area contributed by atoms with Crippen LogP contribution in [0.3, 0.4) is 0 Å². The molecule has 0 aromatic rings. The van der Waals surface area contributed by atoms with Gasteiger partial charge in [-0.05, 0) is 6.42 Å². The van der Waals surface area contributed by atoms with Crippen molar-refractivity contribution in [3.8, 4) is 0 Å². The predicted octanol–water partition coefficient (Wildman–Crippen LogP) is -1.77. The number of ether oxygens (including phenoxy) is 1. The first-order valence-electron chi connectivity index (χ1n) is 3.36. The lowest BCUT2D eigenvalue weighted by molar-refractivity contribution is -0.146. The minimum absolute atomic E-state index is 0.0437. The van der Waals surface area contributed by atoms with Crippen molar-refractivity contribution in [3.05, 3.63) is 0 Å². The predicted molar refractivity (Wildman–Crippen MR) is 37.7 cm³/mol. The number of aliphatic hydroxyl groups is 2. The maximum Gasteiger partial charge on any atom is 0.323 e. The first kappa shape index (κ1) is 10.3. The highest BCUT2D eigenvalue weighted by molar-refractivity contribution is 5.75. The summed E-state index contributed by atoms with van der Waals surface area (Å²) < 4.78 is 4.48. The fraction of sp³-hybridized carbons (Fsp3) is 0.833. The van der Waals surface area contributed by atoms with Crippen molar-refractivity contribution in [2.45, 2.75) is 12.5 Å². The van der Waals surface area contributed by atoms with Crippen LogP contribution in [0.15, 0.2) is 0 Å². The number of hydrogen-bond donors (Lipinski definition) is 3. The van der Waals surface area contributed by atoms with Crippen molar-refractivity contribution < 1.29 is 19.7 Å². The Balaban J connectivity index is 3.47. The fourth-order valence-electron chi connectivity index (χ4n) is 0.510. The Kier molecular flexibility index (Phi) is 5.73. The van der Waals surface area contributed by atoms with Gasteiger partial charge in [0.15, 0.2) is 0 Å². The van der Waals surface area contributed by atoms with E-state index in [1.165, 1.54) is 0 Å².